The van der Waals surface area contributed by atoms with Crippen LogP contribution in [0.3, 0.4) is 0 Å². The number of esters is 2. The predicted molar refractivity (Wildman–Crippen MR) is 138 cm³/mol. The molecule has 6 heteroatoms. The fraction of sp³-hybridized carbons (Fsp3) is 0.400. The van der Waals surface area contributed by atoms with Gasteiger partial charge in [-0.1, -0.05) is 25.3 Å². The minimum absolute atomic E-state index is 0.258. The molecule has 2 aliphatic rings. The Bertz CT molecular complexity index is 1390. The van der Waals surface area contributed by atoms with Gasteiger partial charge in [-0.3, -0.25) is 0 Å². The summed E-state index contributed by atoms with van der Waals surface area (Å²) in [4.78, 5) is 25.7. The second kappa shape index (κ2) is 9.23. The van der Waals surface area contributed by atoms with Crippen LogP contribution in [0.4, 0.5) is 4.39 Å². The van der Waals surface area contributed by atoms with E-state index in [4.69, 9.17) is 9.47 Å². The molecular formula is C30H32FNO4. The molecule has 0 saturated heterocycles. The van der Waals surface area contributed by atoms with Crippen LogP contribution in [-0.2, 0) is 20.8 Å². The lowest BCUT2D eigenvalue weighted by atomic mass is 9.81. The molecule has 0 N–H and O–H groups in total. The maximum atomic E-state index is 14.4. The van der Waals surface area contributed by atoms with Crippen molar-refractivity contribution in [3.05, 3.63) is 64.5 Å². The molecule has 0 atom stereocenters. The van der Waals surface area contributed by atoms with Crippen LogP contribution < -0.4 is 0 Å². The lowest BCUT2D eigenvalue weighted by Crippen LogP contribution is -2.26. The van der Waals surface area contributed by atoms with Crippen LogP contribution in [0.25, 0.3) is 28.2 Å². The van der Waals surface area contributed by atoms with E-state index in [2.05, 4.69) is 4.57 Å². The quantitative estimate of drug-likeness (QED) is 0.371. The van der Waals surface area contributed by atoms with Crippen molar-refractivity contribution >= 4 is 28.9 Å². The monoisotopic (exact) mass is 489 g/mol. The smallest absolute Gasteiger partial charge is 0.337 e. The molecule has 1 aliphatic heterocycles. The van der Waals surface area contributed by atoms with Gasteiger partial charge in [0.25, 0.3) is 0 Å². The minimum Gasteiger partial charge on any atom is -0.465 e. The Labute approximate surface area is 210 Å². The number of aromatic nitrogens is 1. The first kappa shape index (κ1) is 24.3. The number of fused-ring (bicyclic) bond motifs is 5. The molecule has 5 nitrogen and oxygen atoms in total. The summed E-state index contributed by atoms with van der Waals surface area (Å²) < 4.78 is 27.2. The van der Waals surface area contributed by atoms with Crippen LogP contribution in [0, 0.1) is 5.82 Å². The molecule has 36 heavy (non-hydrogen) atoms. The average Bonchev–Trinajstić information content (AvgIpc) is 3.05. The maximum absolute atomic E-state index is 14.4. The van der Waals surface area contributed by atoms with Crippen molar-refractivity contribution in [1.29, 1.82) is 0 Å². The summed E-state index contributed by atoms with van der Waals surface area (Å²) in [6, 6.07) is 10.4. The topological polar surface area (TPSA) is 57.5 Å². The second-order valence-electron chi connectivity index (χ2n) is 10.8. The Kier molecular flexibility index (Phi) is 6.23. The highest BCUT2D eigenvalue weighted by Crippen LogP contribution is 2.46. The summed E-state index contributed by atoms with van der Waals surface area (Å²) in [6.07, 6.45) is 7.45. The van der Waals surface area contributed by atoms with Crippen molar-refractivity contribution in [3.8, 4) is 11.3 Å². The highest BCUT2D eigenvalue weighted by molar-refractivity contribution is 6.02. The third-order valence-electron chi connectivity index (χ3n) is 7.13. The van der Waals surface area contributed by atoms with E-state index in [1.54, 1.807) is 18.2 Å². The SMILES string of the molecule is COC(=O)c1ccc2c(C3CCCCC3)c3n(c2c1)CC(C(=O)OC(C)(C)C)=Cc1cc(F)ccc1-3. The lowest BCUT2D eigenvalue weighted by molar-refractivity contribution is -0.150. The highest BCUT2D eigenvalue weighted by Gasteiger charge is 2.31. The number of hydrogen-bond donors (Lipinski definition) is 0. The molecule has 1 saturated carbocycles. The van der Waals surface area contributed by atoms with Crippen LogP contribution in [0.15, 0.2) is 42.0 Å². The predicted octanol–water partition coefficient (Wildman–Crippen LogP) is 7.02. The molecule has 0 spiro atoms. The number of rotatable bonds is 3. The third-order valence-corrected chi connectivity index (χ3v) is 7.13. The van der Waals surface area contributed by atoms with Gasteiger partial charge in [0.1, 0.15) is 11.4 Å². The molecule has 1 aliphatic carbocycles. The molecule has 3 aromatic rings. The molecule has 0 radical (unpaired) electrons. The van der Waals surface area contributed by atoms with Crippen molar-refractivity contribution in [3.63, 3.8) is 0 Å². The second-order valence-corrected chi connectivity index (χ2v) is 10.8. The Morgan fingerprint density at radius 3 is 2.44 bits per heavy atom. The van der Waals surface area contributed by atoms with E-state index >= 15 is 0 Å². The van der Waals surface area contributed by atoms with Gasteiger partial charge in [0.2, 0.25) is 0 Å². The zero-order valence-corrected chi connectivity index (χ0v) is 21.3. The van der Waals surface area contributed by atoms with Gasteiger partial charge in [-0.15, -0.1) is 0 Å². The molecule has 2 aromatic carbocycles. The van der Waals surface area contributed by atoms with E-state index in [1.165, 1.54) is 31.2 Å². The molecule has 0 amide bonds. The summed E-state index contributed by atoms with van der Waals surface area (Å²) in [5, 5.41) is 1.06. The van der Waals surface area contributed by atoms with E-state index < -0.39 is 17.5 Å². The van der Waals surface area contributed by atoms with E-state index in [0.29, 0.717) is 22.6 Å². The van der Waals surface area contributed by atoms with Gasteiger partial charge in [-0.25, -0.2) is 14.0 Å². The van der Waals surface area contributed by atoms with Gasteiger partial charge in [-0.05, 0) is 87.1 Å². The summed E-state index contributed by atoms with van der Waals surface area (Å²) in [5.41, 5.74) is 4.82. The summed E-state index contributed by atoms with van der Waals surface area (Å²) in [5.74, 6) is -0.853. The number of nitrogens with zero attached hydrogens (tertiary/aromatic N) is 1. The largest absolute Gasteiger partial charge is 0.465 e. The van der Waals surface area contributed by atoms with Crippen LogP contribution in [0.1, 0.15) is 80.3 Å². The van der Waals surface area contributed by atoms with Crippen molar-refractivity contribution in [2.24, 2.45) is 0 Å². The molecule has 0 unspecified atom stereocenters. The molecule has 1 fully saturated rings. The van der Waals surface area contributed by atoms with Crippen LogP contribution in [-0.4, -0.2) is 29.2 Å². The number of methoxy groups -OCH3 is 1. The number of halogens is 1. The fourth-order valence-corrected chi connectivity index (χ4v) is 5.62. The standard InChI is InChI=1S/C30H32FNO4/c1-30(2,3)36-29(34)21-14-20-15-22(31)11-13-23(20)27-26(18-8-6-5-7-9-18)24-12-10-19(28(33)35-4)16-25(24)32(27)17-21/h10-16,18H,5-9,17H2,1-4H3. The Hall–Kier alpha value is -3.41. The fourth-order valence-electron chi connectivity index (χ4n) is 5.62. The van der Waals surface area contributed by atoms with E-state index in [1.807, 2.05) is 32.9 Å². The van der Waals surface area contributed by atoms with Crippen molar-refractivity contribution in [2.75, 3.05) is 7.11 Å². The molecule has 2 heterocycles. The Balaban J connectivity index is 1.80. The number of ether oxygens (including phenoxy) is 2. The first-order valence-electron chi connectivity index (χ1n) is 12.6. The van der Waals surface area contributed by atoms with Crippen molar-refractivity contribution in [2.45, 2.75) is 70.9 Å². The average molecular weight is 490 g/mol. The van der Waals surface area contributed by atoms with Crippen LogP contribution >= 0.6 is 0 Å². The van der Waals surface area contributed by atoms with Gasteiger partial charge >= 0.3 is 11.9 Å². The first-order valence-corrected chi connectivity index (χ1v) is 12.6. The van der Waals surface area contributed by atoms with E-state index in [9.17, 15) is 14.0 Å². The van der Waals surface area contributed by atoms with Gasteiger partial charge in [0, 0.05) is 16.5 Å². The zero-order valence-electron chi connectivity index (χ0n) is 21.3. The number of hydrogen-bond acceptors (Lipinski definition) is 4. The van der Waals surface area contributed by atoms with Gasteiger partial charge in [-0.2, -0.15) is 0 Å². The van der Waals surface area contributed by atoms with Gasteiger partial charge < -0.3 is 14.0 Å². The van der Waals surface area contributed by atoms with Gasteiger partial charge in [0.05, 0.1) is 30.5 Å². The molecular weight excluding hydrogens is 457 g/mol. The first-order chi connectivity index (χ1) is 17.2. The van der Waals surface area contributed by atoms with E-state index in [-0.39, 0.29) is 12.4 Å². The third kappa shape index (κ3) is 4.45. The molecule has 188 valence electrons. The van der Waals surface area contributed by atoms with Crippen LogP contribution in [0.5, 0.6) is 0 Å². The van der Waals surface area contributed by atoms with Crippen molar-refractivity contribution in [1.82, 2.24) is 4.57 Å². The normalized spacial score (nSPS) is 16.1. The van der Waals surface area contributed by atoms with Gasteiger partial charge in [0.15, 0.2) is 0 Å². The summed E-state index contributed by atoms with van der Waals surface area (Å²) in [7, 11) is 1.37. The zero-order chi connectivity index (χ0) is 25.6. The molecule has 5 rings (SSSR count). The van der Waals surface area contributed by atoms with Crippen LogP contribution in [0.2, 0.25) is 0 Å². The number of carbonyl (C=O) groups is 2. The maximum Gasteiger partial charge on any atom is 0.337 e. The minimum atomic E-state index is -0.665. The Morgan fingerprint density at radius 2 is 1.75 bits per heavy atom. The number of carbonyl (C=O) groups excluding carboxylic acids is 2. The van der Waals surface area contributed by atoms with Crippen molar-refractivity contribution < 1.29 is 23.5 Å². The lowest BCUT2D eigenvalue weighted by Gasteiger charge is -2.24. The summed E-state index contributed by atoms with van der Waals surface area (Å²) in [6.45, 7) is 5.75. The number of benzene rings is 2. The summed E-state index contributed by atoms with van der Waals surface area (Å²) >= 11 is 0. The molecule has 0 bridgehead atoms. The Morgan fingerprint density at radius 1 is 1.00 bits per heavy atom. The molecule has 1 aromatic heterocycles. The van der Waals surface area contributed by atoms with E-state index in [0.717, 1.165) is 47.8 Å². The highest BCUT2D eigenvalue weighted by atomic mass is 19.1.